The Kier molecular flexibility index (Phi) is 5.46. The first kappa shape index (κ1) is 23.8. The Hall–Kier alpha value is -3.57. The number of benzene rings is 2. The first-order valence-electron chi connectivity index (χ1n) is 11.2. The highest BCUT2D eigenvalue weighted by molar-refractivity contribution is 7.25. The van der Waals surface area contributed by atoms with Gasteiger partial charge in [-0.05, 0) is 48.6 Å². The van der Waals surface area contributed by atoms with Crippen LogP contribution in [0.2, 0.25) is 5.02 Å². The average Bonchev–Trinajstić information content (AvgIpc) is 3.47. The number of rotatable bonds is 5. The van der Waals surface area contributed by atoms with E-state index in [9.17, 15) is 23.1 Å². The number of aromatic hydroxyl groups is 1. The third-order valence-corrected chi connectivity index (χ3v) is 7.78. The van der Waals surface area contributed by atoms with Crippen molar-refractivity contribution in [2.45, 2.75) is 31.5 Å². The largest absolute Gasteiger partial charge is 0.505 e. The molecule has 5 aromatic rings. The fourth-order valence-electron chi connectivity index (χ4n) is 4.42. The number of ether oxygens (including phenoxy) is 1. The maximum Gasteiger partial charge on any atom is 0.436 e. The first-order chi connectivity index (χ1) is 17.7. The van der Waals surface area contributed by atoms with Crippen molar-refractivity contribution in [2.75, 3.05) is 7.11 Å². The van der Waals surface area contributed by atoms with Gasteiger partial charge in [0.15, 0.2) is 17.2 Å². The monoisotopic (exact) mass is 547 g/mol. The van der Waals surface area contributed by atoms with E-state index in [-0.39, 0.29) is 40.2 Å². The van der Waals surface area contributed by atoms with Crippen LogP contribution in [0, 0.1) is 0 Å². The second kappa shape index (κ2) is 8.49. The van der Waals surface area contributed by atoms with Gasteiger partial charge in [0.25, 0.3) is 5.56 Å². The molecule has 0 spiro atoms. The number of halogens is 4. The van der Waals surface area contributed by atoms with Gasteiger partial charge in [0.2, 0.25) is 0 Å². The van der Waals surface area contributed by atoms with Gasteiger partial charge in [-0.25, -0.2) is 4.98 Å². The molecule has 0 atom stereocenters. The molecular weight excluding hydrogens is 531 g/mol. The van der Waals surface area contributed by atoms with Gasteiger partial charge in [0.1, 0.15) is 16.4 Å². The summed E-state index contributed by atoms with van der Waals surface area (Å²) >= 11 is 7.20. The first-order valence-corrected chi connectivity index (χ1v) is 12.4. The molecule has 0 bridgehead atoms. The van der Waals surface area contributed by atoms with Crippen LogP contribution < -0.4 is 10.3 Å². The van der Waals surface area contributed by atoms with Crippen molar-refractivity contribution in [2.24, 2.45) is 0 Å². The summed E-state index contributed by atoms with van der Waals surface area (Å²) < 4.78 is 51.5. The van der Waals surface area contributed by atoms with E-state index in [1.807, 2.05) is 6.07 Å². The summed E-state index contributed by atoms with van der Waals surface area (Å²) in [5.41, 5.74) is -0.0808. The van der Waals surface area contributed by atoms with Gasteiger partial charge >= 0.3 is 6.18 Å². The number of alkyl halides is 3. The van der Waals surface area contributed by atoms with Gasteiger partial charge in [-0.2, -0.15) is 13.2 Å². The van der Waals surface area contributed by atoms with Crippen LogP contribution in [-0.4, -0.2) is 26.9 Å². The molecule has 0 radical (unpaired) electrons. The molecule has 3 heterocycles. The second-order valence-electron chi connectivity index (χ2n) is 8.79. The SMILES string of the molecule is COc1ccc(-c2nc3sc4c(O)c(Cl)ccc4c3c(=O)n2Cc2cc(C(F)(F)F)no2)c(C2CC2)c1. The molecule has 1 aliphatic carbocycles. The third kappa shape index (κ3) is 4.02. The van der Waals surface area contributed by atoms with Crippen molar-refractivity contribution in [3.63, 3.8) is 0 Å². The lowest BCUT2D eigenvalue weighted by Gasteiger charge is -2.15. The summed E-state index contributed by atoms with van der Waals surface area (Å²) in [5.74, 6) is 0.848. The molecule has 0 unspecified atom stereocenters. The van der Waals surface area contributed by atoms with E-state index >= 15 is 0 Å². The van der Waals surface area contributed by atoms with Crippen LogP contribution in [0.25, 0.3) is 31.7 Å². The van der Waals surface area contributed by atoms with E-state index in [0.717, 1.165) is 35.8 Å². The molecule has 190 valence electrons. The minimum atomic E-state index is -4.69. The molecule has 2 aromatic carbocycles. The zero-order chi connectivity index (χ0) is 26.1. The third-order valence-electron chi connectivity index (χ3n) is 6.37. The van der Waals surface area contributed by atoms with Crippen LogP contribution in [0.15, 0.2) is 45.7 Å². The predicted molar refractivity (Wildman–Crippen MR) is 133 cm³/mol. The topological polar surface area (TPSA) is 90.4 Å². The lowest BCUT2D eigenvalue weighted by Crippen LogP contribution is -2.24. The van der Waals surface area contributed by atoms with Crippen LogP contribution in [0.4, 0.5) is 13.2 Å². The Morgan fingerprint density at radius 2 is 2.03 bits per heavy atom. The Morgan fingerprint density at radius 1 is 1.24 bits per heavy atom. The zero-order valence-electron chi connectivity index (χ0n) is 19.1. The second-order valence-corrected chi connectivity index (χ2v) is 10.2. The van der Waals surface area contributed by atoms with Gasteiger partial charge in [0, 0.05) is 17.0 Å². The molecule has 0 amide bonds. The maximum absolute atomic E-state index is 13.9. The van der Waals surface area contributed by atoms with Crippen molar-refractivity contribution in [3.05, 3.63) is 68.8 Å². The van der Waals surface area contributed by atoms with Crippen LogP contribution in [0.1, 0.15) is 35.8 Å². The highest BCUT2D eigenvalue weighted by atomic mass is 35.5. The zero-order valence-corrected chi connectivity index (χ0v) is 20.7. The molecule has 1 N–H and O–H groups in total. The average molecular weight is 548 g/mol. The molecule has 6 rings (SSSR count). The molecule has 37 heavy (non-hydrogen) atoms. The number of methoxy groups -OCH3 is 1. The van der Waals surface area contributed by atoms with Crippen LogP contribution in [0.5, 0.6) is 11.5 Å². The molecule has 1 saturated carbocycles. The van der Waals surface area contributed by atoms with Crippen molar-refractivity contribution in [1.82, 2.24) is 14.7 Å². The predicted octanol–water partition coefficient (Wildman–Crippen LogP) is 6.58. The minimum absolute atomic E-state index is 0.132. The summed E-state index contributed by atoms with van der Waals surface area (Å²) in [7, 11) is 1.56. The van der Waals surface area contributed by atoms with E-state index in [1.165, 1.54) is 10.6 Å². The van der Waals surface area contributed by atoms with Crippen molar-refractivity contribution in [1.29, 1.82) is 0 Å². The van der Waals surface area contributed by atoms with Gasteiger partial charge in [0.05, 0.1) is 28.8 Å². The number of hydrogen-bond acceptors (Lipinski definition) is 7. The smallest absolute Gasteiger partial charge is 0.436 e. The fourth-order valence-corrected chi connectivity index (χ4v) is 5.74. The van der Waals surface area contributed by atoms with Crippen molar-refractivity contribution in [3.8, 4) is 22.9 Å². The van der Waals surface area contributed by atoms with E-state index in [4.69, 9.17) is 25.8 Å². The molecule has 3 aromatic heterocycles. The number of phenolic OH excluding ortho intramolecular Hbond substituents is 1. The molecule has 7 nitrogen and oxygen atoms in total. The molecule has 0 saturated heterocycles. The Morgan fingerprint density at radius 3 is 2.70 bits per heavy atom. The maximum atomic E-state index is 13.9. The number of aromatic nitrogens is 3. The van der Waals surface area contributed by atoms with E-state index < -0.39 is 17.4 Å². The van der Waals surface area contributed by atoms with Crippen molar-refractivity contribution >= 4 is 43.2 Å². The Bertz CT molecular complexity index is 1750. The molecule has 12 heteroatoms. The number of phenols is 1. The number of thiophene rings is 1. The molecule has 0 aliphatic heterocycles. The summed E-state index contributed by atoms with van der Waals surface area (Å²) in [6, 6.07) is 9.29. The molecular formula is C25H17ClF3N3O4S. The summed E-state index contributed by atoms with van der Waals surface area (Å²) in [4.78, 5) is 19.1. The summed E-state index contributed by atoms with van der Waals surface area (Å²) in [5, 5.41) is 14.4. The van der Waals surface area contributed by atoms with Gasteiger partial charge in [-0.3, -0.25) is 9.36 Å². The van der Waals surface area contributed by atoms with Crippen molar-refractivity contribution < 1.29 is 27.5 Å². The standard InChI is InChI=1S/C25H17ClF3N3O4S/c1-35-12-4-5-14(16(8-12)11-2-3-11)22-30-23-19(15-6-7-17(26)20(33)21(15)37-23)24(34)32(22)10-13-9-18(31-36-13)25(27,28)29/h4-9,11,33H,2-3,10H2,1H3. The van der Waals surface area contributed by atoms with Gasteiger partial charge < -0.3 is 14.4 Å². The van der Waals surface area contributed by atoms with E-state index in [1.54, 1.807) is 25.3 Å². The Labute approximate surface area is 215 Å². The Balaban J connectivity index is 1.63. The summed E-state index contributed by atoms with van der Waals surface area (Å²) in [6.45, 7) is -0.326. The number of hydrogen-bond donors (Lipinski definition) is 1. The molecule has 1 fully saturated rings. The fraction of sp³-hybridized carbons (Fsp3) is 0.240. The van der Waals surface area contributed by atoms with E-state index in [2.05, 4.69) is 5.16 Å². The lowest BCUT2D eigenvalue weighted by molar-refractivity contribution is -0.142. The lowest BCUT2D eigenvalue weighted by atomic mass is 10.0. The van der Waals surface area contributed by atoms with Gasteiger partial charge in [-0.15, -0.1) is 11.3 Å². The van der Waals surface area contributed by atoms with E-state index in [0.29, 0.717) is 26.2 Å². The normalized spacial score (nSPS) is 14.1. The van der Waals surface area contributed by atoms with Crippen LogP contribution in [-0.2, 0) is 12.7 Å². The quantitative estimate of drug-likeness (QED) is 0.267. The number of fused-ring (bicyclic) bond motifs is 3. The highest BCUT2D eigenvalue weighted by Gasteiger charge is 2.35. The van der Waals surface area contributed by atoms with Crippen LogP contribution >= 0.6 is 22.9 Å². The minimum Gasteiger partial charge on any atom is -0.505 e. The number of nitrogens with zero attached hydrogens (tertiary/aromatic N) is 3. The van der Waals surface area contributed by atoms with Gasteiger partial charge in [-0.1, -0.05) is 22.8 Å². The summed E-state index contributed by atoms with van der Waals surface area (Å²) in [6.07, 6.45) is -2.77. The van der Waals surface area contributed by atoms with Crippen LogP contribution in [0.3, 0.4) is 0 Å². The molecule has 1 aliphatic rings. The highest BCUT2D eigenvalue weighted by Crippen LogP contribution is 2.46.